The van der Waals surface area contributed by atoms with E-state index in [1.54, 1.807) is 0 Å². The molecule has 2 N–H and O–H groups in total. The van der Waals surface area contributed by atoms with Gasteiger partial charge in [0, 0.05) is 25.0 Å². The van der Waals surface area contributed by atoms with Crippen LogP contribution in [0, 0.1) is 0 Å². The average molecular weight is 262 g/mol. The van der Waals surface area contributed by atoms with Gasteiger partial charge in [0.25, 0.3) is 0 Å². The molecule has 0 unspecified atom stereocenters. The minimum absolute atomic E-state index is 0.799. The lowest BCUT2D eigenvalue weighted by Gasteiger charge is -2.20. The van der Waals surface area contributed by atoms with Gasteiger partial charge >= 0.3 is 0 Å². The van der Waals surface area contributed by atoms with Gasteiger partial charge in [-0.25, -0.2) is 0 Å². The maximum absolute atomic E-state index is 5.84. The molecule has 100 valence electrons. The van der Waals surface area contributed by atoms with Crippen molar-refractivity contribution in [3.63, 3.8) is 0 Å². The summed E-state index contributed by atoms with van der Waals surface area (Å²) >= 11 is 0. The second kappa shape index (κ2) is 5.25. The Bertz CT molecular complexity index is 734. The lowest BCUT2D eigenvalue weighted by Crippen LogP contribution is -2.16. The first kappa shape index (κ1) is 12.5. The smallest absolute Gasteiger partial charge is 0.0426 e. The van der Waals surface area contributed by atoms with Crippen LogP contribution in [0.25, 0.3) is 10.8 Å². The van der Waals surface area contributed by atoms with Crippen molar-refractivity contribution in [2.75, 3.05) is 17.7 Å². The van der Waals surface area contributed by atoms with Crippen molar-refractivity contribution in [3.05, 3.63) is 72.3 Å². The van der Waals surface area contributed by atoms with Crippen molar-refractivity contribution < 1.29 is 0 Å². The number of hydrogen-bond acceptors (Lipinski definition) is 2. The van der Waals surface area contributed by atoms with Crippen LogP contribution in [0.4, 0.5) is 11.4 Å². The van der Waals surface area contributed by atoms with Gasteiger partial charge in [0.05, 0.1) is 0 Å². The van der Waals surface area contributed by atoms with Gasteiger partial charge in [0.15, 0.2) is 0 Å². The summed E-state index contributed by atoms with van der Waals surface area (Å²) < 4.78 is 0. The minimum atomic E-state index is 0.799. The molecule has 3 aromatic rings. The van der Waals surface area contributed by atoms with Gasteiger partial charge in [-0.15, -0.1) is 0 Å². The highest BCUT2D eigenvalue weighted by Gasteiger charge is 2.03. The third-order valence-corrected chi connectivity index (χ3v) is 3.54. The molecule has 0 saturated heterocycles. The Kier molecular flexibility index (Phi) is 3.30. The van der Waals surface area contributed by atoms with Gasteiger partial charge < -0.3 is 10.6 Å². The molecule has 0 aliphatic heterocycles. The lowest BCUT2D eigenvalue weighted by atomic mass is 10.1. The van der Waals surface area contributed by atoms with Gasteiger partial charge in [-0.2, -0.15) is 0 Å². The molecule has 0 radical (unpaired) electrons. The van der Waals surface area contributed by atoms with Crippen LogP contribution >= 0.6 is 0 Å². The summed E-state index contributed by atoms with van der Waals surface area (Å²) in [5, 5.41) is 2.56. The molecule has 2 heteroatoms. The van der Waals surface area contributed by atoms with E-state index in [0.29, 0.717) is 0 Å². The normalized spacial score (nSPS) is 10.7. The first-order valence-electron chi connectivity index (χ1n) is 6.77. The minimum Gasteiger partial charge on any atom is -0.399 e. The van der Waals surface area contributed by atoms with Crippen LogP contribution in [-0.2, 0) is 6.54 Å². The average Bonchev–Trinajstić information content (AvgIpc) is 2.47. The highest BCUT2D eigenvalue weighted by Crippen LogP contribution is 2.20. The van der Waals surface area contributed by atoms with Crippen molar-refractivity contribution in [2.45, 2.75) is 6.54 Å². The first-order valence-corrected chi connectivity index (χ1v) is 6.77. The van der Waals surface area contributed by atoms with E-state index in [4.69, 9.17) is 5.73 Å². The molecule has 20 heavy (non-hydrogen) atoms. The van der Waals surface area contributed by atoms with E-state index in [1.807, 2.05) is 18.2 Å². The Labute approximate surface area is 119 Å². The first-order chi connectivity index (χ1) is 9.72. The monoisotopic (exact) mass is 262 g/mol. The zero-order valence-corrected chi connectivity index (χ0v) is 11.6. The summed E-state index contributed by atoms with van der Waals surface area (Å²) in [7, 11) is 2.09. The van der Waals surface area contributed by atoms with Crippen molar-refractivity contribution in [1.29, 1.82) is 0 Å². The number of rotatable bonds is 3. The SMILES string of the molecule is CN(Cc1ccc2ccccc2c1)c1cccc(N)c1. The molecule has 0 heterocycles. The fraction of sp³-hybridized carbons (Fsp3) is 0.111. The molecular formula is C18H18N2. The molecule has 0 aromatic heterocycles. The highest BCUT2D eigenvalue weighted by atomic mass is 15.1. The summed E-state index contributed by atoms with van der Waals surface area (Å²) in [6.45, 7) is 0.869. The second-order valence-corrected chi connectivity index (χ2v) is 5.13. The molecule has 2 nitrogen and oxygen atoms in total. The van der Waals surface area contributed by atoms with Gasteiger partial charge in [-0.3, -0.25) is 0 Å². The van der Waals surface area contributed by atoms with Crippen molar-refractivity contribution >= 4 is 22.1 Å². The number of fused-ring (bicyclic) bond motifs is 1. The van der Waals surface area contributed by atoms with Gasteiger partial charge in [0.2, 0.25) is 0 Å². The number of anilines is 2. The largest absolute Gasteiger partial charge is 0.399 e. The molecule has 0 spiro atoms. The predicted molar refractivity (Wildman–Crippen MR) is 86.9 cm³/mol. The number of nitrogens with two attached hydrogens (primary N) is 1. The molecule has 0 amide bonds. The molecule has 0 fully saturated rings. The highest BCUT2D eigenvalue weighted by molar-refractivity contribution is 5.83. The molecule has 0 atom stereocenters. The second-order valence-electron chi connectivity index (χ2n) is 5.13. The maximum atomic E-state index is 5.84. The zero-order chi connectivity index (χ0) is 13.9. The van der Waals surface area contributed by atoms with Crippen LogP contribution in [0.2, 0.25) is 0 Å². The van der Waals surface area contributed by atoms with E-state index in [9.17, 15) is 0 Å². The van der Waals surface area contributed by atoms with Crippen LogP contribution in [0.5, 0.6) is 0 Å². The fourth-order valence-corrected chi connectivity index (χ4v) is 2.46. The summed E-state index contributed by atoms with van der Waals surface area (Å²) in [6.07, 6.45) is 0. The zero-order valence-electron chi connectivity index (χ0n) is 11.6. The van der Waals surface area contributed by atoms with Crippen molar-refractivity contribution in [3.8, 4) is 0 Å². The Morgan fingerprint density at radius 3 is 2.45 bits per heavy atom. The van der Waals surface area contributed by atoms with E-state index < -0.39 is 0 Å². The Morgan fingerprint density at radius 1 is 0.850 bits per heavy atom. The topological polar surface area (TPSA) is 29.3 Å². The van der Waals surface area contributed by atoms with Crippen LogP contribution in [0.3, 0.4) is 0 Å². The maximum Gasteiger partial charge on any atom is 0.0426 e. The van der Waals surface area contributed by atoms with Crippen molar-refractivity contribution in [2.24, 2.45) is 0 Å². The number of nitrogens with zero attached hydrogens (tertiary/aromatic N) is 1. The Balaban J connectivity index is 1.85. The summed E-state index contributed by atoms with van der Waals surface area (Å²) in [5.74, 6) is 0. The number of nitrogen functional groups attached to an aromatic ring is 1. The molecule has 3 aromatic carbocycles. The quantitative estimate of drug-likeness (QED) is 0.721. The summed E-state index contributed by atoms with van der Waals surface area (Å²) in [4.78, 5) is 2.21. The molecule has 0 saturated carbocycles. The molecular weight excluding hydrogens is 244 g/mol. The third-order valence-electron chi connectivity index (χ3n) is 3.54. The Morgan fingerprint density at radius 2 is 1.65 bits per heavy atom. The number of hydrogen-bond donors (Lipinski definition) is 1. The van der Waals surface area contributed by atoms with Crippen LogP contribution in [0.15, 0.2) is 66.7 Å². The molecule has 0 aliphatic rings. The van der Waals surface area contributed by atoms with E-state index in [-0.39, 0.29) is 0 Å². The van der Waals surface area contributed by atoms with Crippen LogP contribution in [0.1, 0.15) is 5.56 Å². The van der Waals surface area contributed by atoms with Crippen molar-refractivity contribution in [1.82, 2.24) is 0 Å². The molecule has 0 bridgehead atoms. The van der Waals surface area contributed by atoms with Crippen LogP contribution < -0.4 is 10.6 Å². The summed E-state index contributed by atoms with van der Waals surface area (Å²) in [5.41, 5.74) is 9.07. The van der Waals surface area contributed by atoms with Gasteiger partial charge in [-0.05, 0) is 40.6 Å². The lowest BCUT2D eigenvalue weighted by molar-refractivity contribution is 0.925. The third kappa shape index (κ3) is 2.59. The van der Waals surface area contributed by atoms with E-state index in [2.05, 4.69) is 60.5 Å². The standard InChI is InChI=1S/C18H18N2/c1-20(18-8-4-7-17(19)12-18)13-14-9-10-15-5-2-3-6-16(15)11-14/h2-12H,13,19H2,1H3. The van der Waals surface area contributed by atoms with E-state index in [0.717, 1.165) is 17.9 Å². The van der Waals surface area contributed by atoms with E-state index >= 15 is 0 Å². The fourth-order valence-electron chi connectivity index (χ4n) is 2.46. The predicted octanol–water partition coefficient (Wildman–Crippen LogP) is 4.06. The van der Waals surface area contributed by atoms with Gasteiger partial charge in [0.1, 0.15) is 0 Å². The molecule has 3 rings (SSSR count). The van der Waals surface area contributed by atoms with Gasteiger partial charge in [-0.1, -0.05) is 42.5 Å². The van der Waals surface area contributed by atoms with Crippen LogP contribution in [-0.4, -0.2) is 7.05 Å². The number of benzene rings is 3. The molecule has 0 aliphatic carbocycles. The summed E-state index contributed by atoms with van der Waals surface area (Å²) in [6, 6.07) is 23.0. The van der Waals surface area contributed by atoms with E-state index in [1.165, 1.54) is 16.3 Å². The Hall–Kier alpha value is -2.48.